The van der Waals surface area contributed by atoms with E-state index >= 15 is 0 Å². The molecule has 1 aromatic carbocycles. The first-order valence-electron chi connectivity index (χ1n) is 6.27. The van der Waals surface area contributed by atoms with Crippen LogP contribution in [0.25, 0.3) is 0 Å². The van der Waals surface area contributed by atoms with Crippen LogP contribution in [-0.2, 0) is 4.79 Å². The fraction of sp³-hybridized carbons (Fsp3) is 0.133. The molecule has 20 heavy (non-hydrogen) atoms. The molecule has 0 saturated carbocycles. The van der Waals surface area contributed by atoms with Crippen molar-refractivity contribution in [2.45, 2.75) is 13.8 Å². The van der Waals surface area contributed by atoms with Crippen LogP contribution < -0.4 is 10.6 Å². The Bertz CT molecular complexity index is 620. The second-order valence-corrected chi connectivity index (χ2v) is 4.24. The number of carbonyl (C=O) groups is 1. The van der Waals surface area contributed by atoms with Crippen molar-refractivity contribution in [2.75, 3.05) is 10.6 Å². The van der Waals surface area contributed by atoms with Gasteiger partial charge in [0.2, 0.25) is 5.91 Å². The number of anilines is 3. The minimum Gasteiger partial charge on any atom is -0.340 e. The highest BCUT2D eigenvalue weighted by atomic mass is 16.1. The molecule has 0 spiro atoms. The summed E-state index contributed by atoms with van der Waals surface area (Å²) in [4.78, 5) is 19.6. The van der Waals surface area contributed by atoms with Gasteiger partial charge in [-0.3, -0.25) is 4.79 Å². The number of carbonyl (C=O) groups excluding carboxylic acids is 1. The summed E-state index contributed by atoms with van der Waals surface area (Å²) in [7, 11) is 0. The molecule has 5 heteroatoms. The van der Waals surface area contributed by atoms with Gasteiger partial charge < -0.3 is 10.6 Å². The summed E-state index contributed by atoms with van der Waals surface area (Å²) in [6, 6.07) is 9.28. The van der Waals surface area contributed by atoms with E-state index < -0.39 is 0 Å². The van der Waals surface area contributed by atoms with Gasteiger partial charge in [-0.15, -0.1) is 0 Å². The average Bonchev–Trinajstić information content (AvgIpc) is 2.41. The van der Waals surface area contributed by atoms with Gasteiger partial charge in [0.15, 0.2) is 0 Å². The van der Waals surface area contributed by atoms with Crippen LogP contribution in [0.2, 0.25) is 0 Å². The summed E-state index contributed by atoms with van der Waals surface area (Å²) < 4.78 is 0. The molecule has 102 valence electrons. The summed E-state index contributed by atoms with van der Waals surface area (Å²) in [6.45, 7) is 3.71. The zero-order valence-corrected chi connectivity index (χ0v) is 11.4. The van der Waals surface area contributed by atoms with E-state index in [-0.39, 0.29) is 5.91 Å². The maximum absolute atomic E-state index is 11.4. The Kier molecular flexibility index (Phi) is 4.44. The van der Waals surface area contributed by atoms with Crippen LogP contribution in [-0.4, -0.2) is 15.9 Å². The van der Waals surface area contributed by atoms with Gasteiger partial charge >= 0.3 is 0 Å². The smallest absolute Gasteiger partial charge is 0.248 e. The normalized spacial score (nSPS) is 10.5. The van der Waals surface area contributed by atoms with Crippen molar-refractivity contribution in [3.8, 4) is 0 Å². The number of aromatic nitrogens is 2. The SMILES string of the molecule is C/C=C/C(=O)Nc1ccc(Nc2cc(C)ncn2)cc1. The van der Waals surface area contributed by atoms with Crippen molar-refractivity contribution in [2.24, 2.45) is 0 Å². The number of nitrogens with zero attached hydrogens (tertiary/aromatic N) is 2. The molecule has 0 fully saturated rings. The molecular weight excluding hydrogens is 252 g/mol. The third-order valence-electron chi connectivity index (χ3n) is 2.55. The predicted octanol–water partition coefficient (Wildman–Crippen LogP) is 3.04. The van der Waals surface area contributed by atoms with Gasteiger partial charge in [0, 0.05) is 23.1 Å². The van der Waals surface area contributed by atoms with Crippen molar-refractivity contribution in [1.82, 2.24) is 9.97 Å². The zero-order chi connectivity index (χ0) is 14.4. The van der Waals surface area contributed by atoms with Gasteiger partial charge in [0.25, 0.3) is 0 Å². The number of hydrogen-bond donors (Lipinski definition) is 2. The molecule has 0 atom stereocenters. The van der Waals surface area contributed by atoms with E-state index in [0.717, 1.165) is 22.9 Å². The predicted molar refractivity (Wildman–Crippen MR) is 79.9 cm³/mol. The molecule has 2 N–H and O–H groups in total. The van der Waals surface area contributed by atoms with E-state index in [4.69, 9.17) is 0 Å². The number of hydrogen-bond acceptors (Lipinski definition) is 4. The number of aryl methyl sites for hydroxylation is 1. The lowest BCUT2D eigenvalue weighted by atomic mass is 10.2. The van der Waals surface area contributed by atoms with Gasteiger partial charge in [-0.2, -0.15) is 0 Å². The minimum atomic E-state index is -0.139. The molecule has 0 bridgehead atoms. The molecule has 2 aromatic rings. The van der Waals surface area contributed by atoms with Crippen LogP contribution in [0.15, 0.2) is 48.8 Å². The van der Waals surface area contributed by atoms with Crippen molar-refractivity contribution in [3.05, 3.63) is 54.5 Å². The number of rotatable bonds is 4. The monoisotopic (exact) mass is 268 g/mol. The van der Waals surface area contributed by atoms with Crippen molar-refractivity contribution in [3.63, 3.8) is 0 Å². The van der Waals surface area contributed by atoms with Gasteiger partial charge in [0.05, 0.1) is 0 Å². The zero-order valence-electron chi connectivity index (χ0n) is 11.4. The van der Waals surface area contributed by atoms with Crippen LogP contribution in [0, 0.1) is 6.92 Å². The van der Waals surface area contributed by atoms with Crippen molar-refractivity contribution >= 4 is 23.1 Å². The van der Waals surface area contributed by atoms with Crippen LogP contribution in [0.3, 0.4) is 0 Å². The molecule has 1 heterocycles. The number of allylic oxidation sites excluding steroid dienone is 1. The highest BCUT2D eigenvalue weighted by Crippen LogP contribution is 2.17. The fourth-order valence-corrected chi connectivity index (χ4v) is 1.64. The Morgan fingerprint density at radius 3 is 2.50 bits per heavy atom. The van der Waals surface area contributed by atoms with Gasteiger partial charge in [-0.1, -0.05) is 6.08 Å². The van der Waals surface area contributed by atoms with Crippen LogP contribution in [0.4, 0.5) is 17.2 Å². The summed E-state index contributed by atoms with van der Waals surface area (Å²) in [5.41, 5.74) is 2.54. The Labute approximate surface area is 117 Å². The minimum absolute atomic E-state index is 0.139. The number of benzene rings is 1. The molecule has 0 aliphatic heterocycles. The van der Waals surface area contributed by atoms with E-state index in [1.807, 2.05) is 37.3 Å². The van der Waals surface area contributed by atoms with E-state index in [0.29, 0.717) is 0 Å². The fourth-order valence-electron chi connectivity index (χ4n) is 1.64. The Morgan fingerprint density at radius 1 is 1.15 bits per heavy atom. The van der Waals surface area contributed by atoms with E-state index in [2.05, 4.69) is 20.6 Å². The topological polar surface area (TPSA) is 66.9 Å². The highest BCUT2D eigenvalue weighted by molar-refractivity contribution is 5.99. The molecule has 0 unspecified atom stereocenters. The second-order valence-electron chi connectivity index (χ2n) is 4.24. The highest BCUT2D eigenvalue weighted by Gasteiger charge is 1.99. The first-order valence-corrected chi connectivity index (χ1v) is 6.27. The molecule has 0 radical (unpaired) electrons. The molecule has 0 aliphatic rings. The molecule has 5 nitrogen and oxygen atoms in total. The molecular formula is C15H16N4O. The second kappa shape index (κ2) is 6.47. The lowest BCUT2D eigenvalue weighted by Gasteiger charge is -2.07. The molecule has 0 aliphatic carbocycles. The van der Waals surface area contributed by atoms with Gasteiger partial charge in [-0.25, -0.2) is 9.97 Å². The Balaban J connectivity index is 2.03. The van der Waals surface area contributed by atoms with E-state index in [1.54, 1.807) is 13.0 Å². The number of amides is 1. The van der Waals surface area contributed by atoms with Crippen molar-refractivity contribution < 1.29 is 4.79 Å². The Morgan fingerprint density at radius 2 is 1.85 bits per heavy atom. The molecule has 1 amide bonds. The summed E-state index contributed by atoms with van der Waals surface area (Å²) >= 11 is 0. The number of nitrogens with one attached hydrogen (secondary N) is 2. The summed E-state index contributed by atoms with van der Waals surface area (Å²) in [5.74, 6) is 0.600. The Hall–Kier alpha value is -2.69. The standard InChI is InChI=1S/C15H16N4O/c1-3-4-15(20)19-13-7-5-12(6-8-13)18-14-9-11(2)16-10-17-14/h3-10H,1-2H3,(H,19,20)(H,16,17,18)/b4-3+. The third-order valence-corrected chi connectivity index (χ3v) is 2.55. The summed E-state index contributed by atoms with van der Waals surface area (Å²) in [6.07, 6.45) is 4.70. The van der Waals surface area contributed by atoms with Crippen LogP contribution in [0.1, 0.15) is 12.6 Å². The molecule has 0 saturated heterocycles. The van der Waals surface area contributed by atoms with Crippen LogP contribution >= 0.6 is 0 Å². The van der Waals surface area contributed by atoms with Crippen molar-refractivity contribution in [1.29, 1.82) is 0 Å². The largest absolute Gasteiger partial charge is 0.340 e. The maximum atomic E-state index is 11.4. The van der Waals surface area contributed by atoms with E-state index in [1.165, 1.54) is 12.4 Å². The van der Waals surface area contributed by atoms with E-state index in [9.17, 15) is 4.79 Å². The average molecular weight is 268 g/mol. The third kappa shape index (κ3) is 3.91. The molecule has 1 aromatic heterocycles. The lowest BCUT2D eigenvalue weighted by molar-refractivity contribution is -0.111. The van der Waals surface area contributed by atoms with Gasteiger partial charge in [0.1, 0.15) is 12.1 Å². The quantitative estimate of drug-likeness (QED) is 0.836. The summed E-state index contributed by atoms with van der Waals surface area (Å²) in [5, 5.41) is 5.94. The maximum Gasteiger partial charge on any atom is 0.248 e. The first kappa shape index (κ1) is 13.7. The first-order chi connectivity index (χ1) is 9.67. The lowest BCUT2D eigenvalue weighted by Crippen LogP contribution is -2.07. The van der Waals surface area contributed by atoms with Gasteiger partial charge in [-0.05, 0) is 44.2 Å². The van der Waals surface area contributed by atoms with Crippen LogP contribution in [0.5, 0.6) is 0 Å². The molecule has 2 rings (SSSR count).